The number of nitrogens with one attached hydrogen (secondary N) is 1. The molecule has 0 saturated carbocycles. The highest BCUT2D eigenvalue weighted by Gasteiger charge is 2.19. The first-order valence-corrected chi connectivity index (χ1v) is 6.93. The molecule has 1 aromatic rings. The van der Waals surface area contributed by atoms with Crippen molar-refractivity contribution in [3.8, 4) is 0 Å². The number of nitro groups is 1. The van der Waals surface area contributed by atoms with Gasteiger partial charge < -0.3 is 4.90 Å². The van der Waals surface area contributed by atoms with Gasteiger partial charge in [0.25, 0.3) is 11.6 Å². The van der Waals surface area contributed by atoms with Crippen LogP contribution in [0, 0.1) is 10.1 Å². The summed E-state index contributed by atoms with van der Waals surface area (Å²) in [5.41, 5.74) is 3.16. The molecule has 2 rings (SSSR count). The highest BCUT2D eigenvalue weighted by Crippen LogP contribution is 2.17. The molecule has 1 heterocycles. The van der Waals surface area contributed by atoms with E-state index < -0.39 is 10.8 Å². The molecule has 1 saturated heterocycles. The maximum atomic E-state index is 12.0. The molecule has 0 atom stereocenters. The number of hydrazone groups is 1. The summed E-state index contributed by atoms with van der Waals surface area (Å²) in [6.45, 7) is 4.97. The number of nitro benzene ring substituents is 1. The summed E-state index contributed by atoms with van der Waals surface area (Å²) in [6, 6.07) is 5.85. The third-order valence-corrected chi connectivity index (χ3v) is 3.54. The normalized spacial score (nSPS) is 15.6. The minimum Gasteiger partial charge on any atom is -0.303 e. The molecule has 1 N–H and O–H groups in total. The third-order valence-electron chi connectivity index (χ3n) is 3.54. The predicted octanol–water partition coefficient (Wildman–Crippen LogP) is 1.80. The van der Waals surface area contributed by atoms with Gasteiger partial charge in [-0.2, -0.15) is 5.10 Å². The molecule has 0 aliphatic carbocycles. The first-order valence-electron chi connectivity index (χ1n) is 6.93. The number of hydrogen-bond acceptors (Lipinski definition) is 5. The largest absolute Gasteiger partial charge is 0.303 e. The van der Waals surface area contributed by atoms with E-state index in [1.807, 2.05) is 0 Å². The van der Waals surface area contributed by atoms with Crippen LogP contribution in [0.3, 0.4) is 0 Å². The number of rotatable bonds is 4. The van der Waals surface area contributed by atoms with E-state index in [9.17, 15) is 14.9 Å². The van der Waals surface area contributed by atoms with Crippen molar-refractivity contribution in [2.45, 2.75) is 19.8 Å². The number of nitrogens with zero attached hydrogens (tertiary/aromatic N) is 3. The first kappa shape index (κ1) is 15.1. The second-order valence-electron chi connectivity index (χ2n) is 4.83. The lowest BCUT2D eigenvalue weighted by molar-refractivity contribution is -0.385. The number of likely N-dealkylation sites (tertiary alicyclic amines) is 1. The number of para-hydroxylation sites is 1. The summed E-state index contributed by atoms with van der Waals surface area (Å²) in [7, 11) is 0. The van der Waals surface area contributed by atoms with E-state index in [2.05, 4.69) is 22.4 Å². The monoisotopic (exact) mass is 290 g/mol. The van der Waals surface area contributed by atoms with Gasteiger partial charge in [-0.05, 0) is 12.6 Å². The van der Waals surface area contributed by atoms with E-state index in [-0.39, 0.29) is 11.3 Å². The van der Waals surface area contributed by atoms with Crippen molar-refractivity contribution in [3.05, 3.63) is 39.9 Å². The summed E-state index contributed by atoms with van der Waals surface area (Å²) in [6.07, 6.45) is 1.62. The van der Waals surface area contributed by atoms with Crippen molar-refractivity contribution in [1.82, 2.24) is 10.3 Å². The fourth-order valence-corrected chi connectivity index (χ4v) is 2.25. The van der Waals surface area contributed by atoms with Crippen LogP contribution in [0.4, 0.5) is 5.69 Å². The van der Waals surface area contributed by atoms with Crippen molar-refractivity contribution in [2.75, 3.05) is 19.6 Å². The van der Waals surface area contributed by atoms with E-state index >= 15 is 0 Å². The molecule has 1 aliphatic heterocycles. The average Bonchev–Trinajstić information content (AvgIpc) is 2.53. The SMILES string of the molecule is CCN1CCC(=NNC(=O)c2ccccc2[N+](=O)[O-])CC1. The van der Waals surface area contributed by atoms with Gasteiger partial charge in [0.1, 0.15) is 5.56 Å². The zero-order valence-corrected chi connectivity index (χ0v) is 11.9. The average molecular weight is 290 g/mol. The number of piperidine rings is 1. The number of carbonyl (C=O) groups is 1. The Morgan fingerprint density at radius 3 is 2.67 bits per heavy atom. The number of carbonyl (C=O) groups excluding carboxylic acids is 1. The van der Waals surface area contributed by atoms with Crippen LogP contribution >= 0.6 is 0 Å². The van der Waals surface area contributed by atoms with Gasteiger partial charge in [-0.25, -0.2) is 5.43 Å². The maximum Gasteiger partial charge on any atom is 0.282 e. The summed E-state index contributed by atoms with van der Waals surface area (Å²) >= 11 is 0. The molecule has 0 aromatic heterocycles. The van der Waals surface area contributed by atoms with Gasteiger partial charge in [-0.1, -0.05) is 19.1 Å². The summed E-state index contributed by atoms with van der Waals surface area (Å²) in [5, 5.41) is 15.0. The molecule has 1 aliphatic rings. The molecule has 21 heavy (non-hydrogen) atoms. The van der Waals surface area contributed by atoms with Crippen LogP contribution in [0.5, 0.6) is 0 Å². The van der Waals surface area contributed by atoms with Crippen molar-refractivity contribution >= 4 is 17.3 Å². The van der Waals surface area contributed by atoms with Crippen LogP contribution in [0.1, 0.15) is 30.1 Å². The molecule has 1 aromatic carbocycles. The van der Waals surface area contributed by atoms with Gasteiger partial charge in [0.15, 0.2) is 0 Å². The zero-order valence-electron chi connectivity index (χ0n) is 11.9. The molecule has 1 fully saturated rings. The van der Waals surface area contributed by atoms with Crippen LogP contribution in [-0.4, -0.2) is 41.1 Å². The van der Waals surface area contributed by atoms with Crippen LogP contribution < -0.4 is 5.43 Å². The predicted molar refractivity (Wildman–Crippen MR) is 79.3 cm³/mol. The van der Waals surface area contributed by atoms with Crippen LogP contribution in [0.15, 0.2) is 29.4 Å². The topological polar surface area (TPSA) is 87.8 Å². The molecule has 0 unspecified atom stereocenters. The first-order chi connectivity index (χ1) is 10.1. The van der Waals surface area contributed by atoms with E-state index in [1.54, 1.807) is 6.07 Å². The van der Waals surface area contributed by atoms with Gasteiger partial charge in [-0.3, -0.25) is 14.9 Å². The molecule has 1 amide bonds. The van der Waals surface area contributed by atoms with Crippen molar-refractivity contribution in [3.63, 3.8) is 0 Å². The minimum absolute atomic E-state index is 0.0258. The lowest BCUT2D eigenvalue weighted by atomic mass is 10.1. The molecule has 7 heteroatoms. The maximum absolute atomic E-state index is 12.0. The molecule has 112 valence electrons. The smallest absolute Gasteiger partial charge is 0.282 e. The number of amides is 1. The van der Waals surface area contributed by atoms with Gasteiger partial charge in [0, 0.05) is 37.7 Å². The third kappa shape index (κ3) is 3.85. The van der Waals surface area contributed by atoms with Crippen LogP contribution in [0.2, 0.25) is 0 Å². The summed E-state index contributed by atoms with van der Waals surface area (Å²) < 4.78 is 0. The number of benzene rings is 1. The van der Waals surface area contributed by atoms with Gasteiger partial charge >= 0.3 is 0 Å². The van der Waals surface area contributed by atoms with Gasteiger partial charge in [0.2, 0.25) is 0 Å². The molecular formula is C14H18N4O3. The second-order valence-corrected chi connectivity index (χ2v) is 4.83. The van der Waals surface area contributed by atoms with Crippen LogP contribution in [-0.2, 0) is 0 Å². The second kappa shape index (κ2) is 6.94. The summed E-state index contributed by atoms with van der Waals surface area (Å²) in [5.74, 6) is -0.548. The van der Waals surface area contributed by atoms with E-state index in [0.717, 1.165) is 38.2 Å². The Labute approximate surface area is 122 Å². The molecular weight excluding hydrogens is 272 g/mol. The van der Waals surface area contributed by atoms with Crippen molar-refractivity contribution in [1.29, 1.82) is 0 Å². The zero-order chi connectivity index (χ0) is 15.2. The Hall–Kier alpha value is -2.28. The molecule has 0 bridgehead atoms. The highest BCUT2D eigenvalue weighted by molar-refractivity contribution is 5.99. The van der Waals surface area contributed by atoms with Gasteiger partial charge in [0.05, 0.1) is 4.92 Å². The Kier molecular flexibility index (Phi) is 4.99. The lowest BCUT2D eigenvalue weighted by Gasteiger charge is -2.25. The fraction of sp³-hybridized carbons (Fsp3) is 0.429. The van der Waals surface area contributed by atoms with Gasteiger partial charge in [-0.15, -0.1) is 0 Å². The standard InChI is InChI=1S/C14H18N4O3/c1-2-17-9-7-11(8-10-17)15-16-14(19)12-5-3-4-6-13(12)18(20)21/h3-6H,2,7-10H2,1H3,(H,16,19). The Morgan fingerprint density at radius 1 is 1.38 bits per heavy atom. The van der Waals surface area contributed by atoms with Crippen LogP contribution in [0.25, 0.3) is 0 Å². The van der Waals surface area contributed by atoms with E-state index in [1.165, 1.54) is 18.2 Å². The number of hydrogen-bond donors (Lipinski definition) is 1. The van der Waals surface area contributed by atoms with E-state index in [0.29, 0.717) is 0 Å². The quantitative estimate of drug-likeness (QED) is 0.676. The fourth-order valence-electron chi connectivity index (χ4n) is 2.25. The van der Waals surface area contributed by atoms with E-state index in [4.69, 9.17) is 0 Å². The highest BCUT2D eigenvalue weighted by atomic mass is 16.6. The molecule has 0 radical (unpaired) electrons. The minimum atomic E-state index is -0.568. The molecule has 0 spiro atoms. The Bertz CT molecular complexity index is 561. The Balaban J connectivity index is 2.01. The van der Waals surface area contributed by atoms with Crippen molar-refractivity contribution in [2.24, 2.45) is 5.10 Å². The lowest BCUT2D eigenvalue weighted by Crippen LogP contribution is -2.34. The Morgan fingerprint density at radius 2 is 2.05 bits per heavy atom. The summed E-state index contributed by atoms with van der Waals surface area (Å²) in [4.78, 5) is 24.6. The molecule has 7 nitrogen and oxygen atoms in total. The van der Waals surface area contributed by atoms with Crippen molar-refractivity contribution < 1.29 is 9.72 Å².